The molecule has 0 unspecified atom stereocenters. The van der Waals surface area contributed by atoms with Crippen molar-refractivity contribution in [2.75, 3.05) is 13.1 Å². The molecule has 5 nitrogen and oxygen atoms in total. The Morgan fingerprint density at radius 3 is 2.80 bits per heavy atom. The molecular weight excluding hydrogens is 323 g/mol. The lowest BCUT2D eigenvalue weighted by atomic mass is 10.1. The summed E-state index contributed by atoms with van der Waals surface area (Å²) in [5, 5.41) is 9.47. The van der Waals surface area contributed by atoms with Gasteiger partial charge < -0.3 is 14.7 Å². The number of rotatable bonds is 4. The van der Waals surface area contributed by atoms with Crippen molar-refractivity contribution in [2.45, 2.75) is 18.9 Å². The van der Waals surface area contributed by atoms with Gasteiger partial charge in [-0.2, -0.15) is 0 Å². The second-order valence-corrected chi connectivity index (χ2v) is 5.87. The van der Waals surface area contributed by atoms with Crippen LogP contribution in [-0.4, -0.2) is 40.1 Å². The van der Waals surface area contributed by atoms with E-state index in [1.807, 2.05) is 0 Å². The van der Waals surface area contributed by atoms with Crippen molar-refractivity contribution in [1.82, 2.24) is 9.88 Å². The van der Waals surface area contributed by atoms with Gasteiger partial charge in [-0.3, -0.25) is 9.78 Å². The number of pyridine rings is 1. The monoisotopic (exact) mass is 342 g/mol. The molecule has 2 aromatic rings. The number of carbonyl (C=O) groups excluding carboxylic acids is 1. The highest BCUT2D eigenvalue weighted by Crippen LogP contribution is 2.25. The van der Waals surface area contributed by atoms with E-state index in [0.717, 1.165) is 0 Å². The van der Waals surface area contributed by atoms with Crippen molar-refractivity contribution < 1.29 is 19.0 Å². The minimum absolute atomic E-state index is 0.0986. The Balaban J connectivity index is 1.63. The van der Waals surface area contributed by atoms with E-state index in [1.54, 1.807) is 35.4 Å². The molecule has 3 rings (SSSR count). The van der Waals surface area contributed by atoms with Crippen molar-refractivity contribution in [2.24, 2.45) is 0 Å². The van der Waals surface area contributed by atoms with Crippen LogP contribution >= 0.6 is 0 Å². The molecule has 6 heteroatoms. The van der Waals surface area contributed by atoms with Gasteiger partial charge in [0, 0.05) is 25.4 Å². The lowest BCUT2D eigenvalue weighted by Gasteiger charge is -2.28. The molecule has 1 amide bonds. The molecule has 1 saturated heterocycles. The number of carbonyl (C=O) groups is 1. The molecular formula is C19H19FN2O3. The average Bonchev–Trinajstić information content (AvgIpc) is 2.63. The van der Waals surface area contributed by atoms with E-state index >= 15 is 0 Å². The predicted molar refractivity (Wildman–Crippen MR) is 91.6 cm³/mol. The highest BCUT2D eigenvalue weighted by molar-refractivity contribution is 5.91. The number of benzene rings is 1. The van der Waals surface area contributed by atoms with Crippen LogP contribution in [0.3, 0.4) is 0 Å². The topological polar surface area (TPSA) is 62.7 Å². The average molecular weight is 342 g/mol. The fraction of sp³-hybridized carbons (Fsp3) is 0.263. The molecule has 1 N–H and O–H groups in total. The Labute approximate surface area is 145 Å². The van der Waals surface area contributed by atoms with E-state index in [2.05, 4.69) is 4.98 Å². The molecule has 2 heterocycles. The van der Waals surface area contributed by atoms with Gasteiger partial charge in [-0.1, -0.05) is 6.07 Å². The molecule has 1 aromatic carbocycles. The second kappa shape index (κ2) is 7.90. The van der Waals surface area contributed by atoms with Crippen LogP contribution in [0.15, 0.2) is 48.8 Å². The summed E-state index contributed by atoms with van der Waals surface area (Å²) in [5.41, 5.74) is 0.571. The molecule has 0 aliphatic carbocycles. The largest absolute Gasteiger partial charge is 0.453 e. The molecule has 0 saturated carbocycles. The van der Waals surface area contributed by atoms with Gasteiger partial charge in [-0.15, -0.1) is 0 Å². The quantitative estimate of drug-likeness (QED) is 0.868. The van der Waals surface area contributed by atoms with Gasteiger partial charge in [0.2, 0.25) is 5.91 Å². The Morgan fingerprint density at radius 2 is 2.12 bits per heavy atom. The molecule has 1 fully saturated rings. The van der Waals surface area contributed by atoms with Gasteiger partial charge in [0.1, 0.15) is 5.75 Å². The van der Waals surface area contributed by atoms with Gasteiger partial charge in [0.25, 0.3) is 0 Å². The third-order valence-electron chi connectivity index (χ3n) is 4.01. The maximum Gasteiger partial charge on any atom is 0.246 e. The van der Waals surface area contributed by atoms with Crippen molar-refractivity contribution in [1.29, 1.82) is 0 Å². The van der Waals surface area contributed by atoms with Crippen molar-refractivity contribution >= 4 is 12.0 Å². The third kappa shape index (κ3) is 4.64. The number of aliphatic hydroxyl groups is 1. The number of likely N-dealkylation sites (tertiary alicyclic amines) is 1. The minimum Gasteiger partial charge on any atom is -0.453 e. The van der Waals surface area contributed by atoms with E-state index in [4.69, 9.17) is 4.74 Å². The van der Waals surface area contributed by atoms with Crippen LogP contribution in [0.2, 0.25) is 0 Å². The summed E-state index contributed by atoms with van der Waals surface area (Å²) in [6, 6.07) is 7.90. The number of hydrogen-bond donors (Lipinski definition) is 1. The zero-order valence-electron chi connectivity index (χ0n) is 13.6. The highest BCUT2D eigenvalue weighted by Gasteiger charge is 2.19. The second-order valence-electron chi connectivity index (χ2n) is 5.87. The van der Waals surface area contributed by atoms with Gasteiger partial charge in [0.05, 0.1) is 12.3 Å². The fourth-order valence-electron chi connectivity index (χ4n) is 2.60. The number of hydrogen-bond acceptors (Lipinski definition) is 4. The maximum absolute atomic E-state index is 14.2. The van der Waals surface area contributed by atoms with Gasteiger partial charge in [-0.25, -0.2) is 4.39 Å². The zero-order valence-corrected chi connectivity index (χ0v) is 13.6. The van der Waals surface area contributed by atoms with Crippen LogP contribution in [0.25, 0.3) is 6.08 Å². The standard InChI is InChI=1S/C19H19FN2O3/c20-17-12-14(3-5-18(17)25-16-2-1-9-21-13-16)4-6-19(24)22-10-7-15(23)8-11-22/h1-6,9,12-13,15,23H,7-8,10-11H2. The minimum atomic E-state index is -0.514. The summed E-state index contributed by atoms with van der Waals surface area (Å²) < 4.78 is 19.6. The molecule has 130 valence electrons. The normalized spacial score (nSPS) is 15.5. The van der Waals surface area contributed by atoms with Crippen LogP contribution in [0.1, 0.15) is 18.4 Å². The lowest BCUT2D eigenvalue weighted by Crippen LogP contribution is -2.39. The zero-order chi connectivity index (χ0) is 17.6. The summed E-state index contributed by atoms with van der Waals surface area (Å²) in [7, 11) is 0. The molecule has 1 aromatic heterocycles. The van der Waals surface area contributed by atoms with Crippen LogP contribution in [0, 0.1) is 5.82 Å². The van der Waals surface area contributed by atoms with E-state index in [1.165, 1.54) is 24.4 Å². The number of ether oxygens (including phenoxy) is 1. The molecule has 0 atom stereocenters. The SMILES string of the molecule is O=C(C=Cc1ccc(Oc2cccnc2)c(F)c1)N1CCC(O)CC1. The van der Waals surface area contributed by atoms with E-state index in [9.17, 15) is 14.3 Å². The smallest absolute Gasteiger partial charge is 0.246 e. The first-order valence-corrected chi connectivity index (χ1v) is 8.14. The van der Waals surface area contributed by atoms with Crippen LogP contribution in [0.5, 0.6) is 11.5 Å². The maximum atomic E-state index is 14.2. The first kappa shape index (κ1) is 17.1. The summed E-state index contributed by atoms with van der Waals surface area (Å²) in [5.74, 6) is -0.101. The van der Waals surface area contributed by atoms with Crippen LogP contribution < -0.4 is 4.74 Å². The van der Waals surface area contributed by atoms with Crippen molar-refractivity contribution in [3.05, 3.63) is 60.2 Å². The first-order chi connectivity index (χ1) is 12.1. The summed E-state index contributed by atoms with van der Waals surface area (Å²) in [6.45, 7) is 1.08. The molecule has 1 aliphatic rings. The summed E-state index contributed by atoms with van der Waals surface area (Å²) in [4.78, 5) is 17.7. The van der Waals surface area contributed by atoms with E-state index in [-0.39, 0.29) is 17.8 Å². The van der Waals surface area contributed by atoms with Crippen LogP contribution in [0.4, 0.5) is 4.39 Å². The molecule has 25 heavy (non-hydrogen) atoms. The fourth-order valence-corrected chi connectivity index (χ4v) is 2.60. The Morgan fingerprint density at radius 1 is 1.32 bits per heavy atom. The molecule has 0 bridgehead atoms. The summed E-state index contributed by atoms with van der Waals surface area (Å²) in [6.07, 6.45) is 6.97. The number of amides is 1. The third-order valence-corrected chi connectivity index (χ3v) is 4.01. The summed E-state index contributed by atoms with van der Waals surface area (Å²) >= 11 is 0. The molecule has 1 aliphatic heterocycles. The highest BCUT2D eigenvalue weighted by atomic mass is 19.1. The Kier molecular flexibility index (Phi) is 5.40. The number of nitrogens with zero attached hydrogens (tertiary/aromatic N) is 2. The molecule has 0 spiro atoms. The predicted octanol–water partition coefficient (Wildman–Crippen LogP) is 3.01. The number of piperidine rings is 1. The number of aliphatic hydroxyl groups excluding tert-OH is 1. The Hall–Kier alpha value is -2.73. The Bertz CT molecular complexity index is 757. The number of aromatic nitrogens is 1. The van der Waals surface area contributed by atoms with Gasteiger partial charge in [0.15, 0.2) is 11.6 Å². The van der Waals surface area contributed by atoms with Gasteiger partial charge in [-0.05, 0) is 48.7 Å². The van der Waals surface area contributed by atoms with Gasteiger partial charge >= 0.3 is 0 Å². The van der Waals surface area contributed by atoms with E-state index < -0.39 is 5.82 Å². The first-order valence-electron chi connectivity index (χ1n) is 8.14. The lowest BCUT2D eigenvalue weighted by molar-refractivity contribution is -0.127. The number of halogens is 1. The van der Waals surface area contributed by atoms with Crippen molar-refractivity contribution in [3.8, 4) is 11.5 Å². The van der Waals surface area contributed by atoms with E-state index in [0.29, 0.717) is 37.2 Å². The van der Waals surface area contributed by atoms with Crippen molar-refractivity contribution in [3.63, 3.8) is 0 Å². The molecule has 0 radical (unpaired) electrons. The van der Waals surface area contributed by atoms with Crippen LogP contribution in [-0.2, 0) is 4.79 Å².